The number of hydrogen-bond acceptors (Lipinski definition) is 5. The lowest BCUT2D eigenvalue weighted by atomic mass is 10.0. The van der Waals surface area contributed by atoms with Crippen molar-refractivity contribution in [2.75, 3.05) is 31.6 Å². The van der Waals surface area contributed by atoms with Crippen LogP contribution in [0.1, 0.15) is 36.8 Å². The molecule has 1 aliphatic carbocycles. The van der Waals surface area contributed by atoms with Gasteiger partial charge in [-0.1, -0.05) is 30.3 Å². The van der Waals surface area contributed by atoms with Gasteiger partial charge in [0.1, 0.15) is 0 Å². The number of carbonyl (C=O) groups is 1. The molecule has 0 bridgehead atoms. The van der Waals surface area contributed by atoms with Crippen molar-refractivity contribution in [2.24, 2.45) is 0 Å². The number of nitrogens with zero attached hydrogens (tertiary/aromatic N) is 3. The fourth-order valence-corrected chi connectivity index (χ4v) is 5.27. The van der Waals surface area contributed by atoms with Crippen molar-refractivity contribution in [2.45, 2.75) is 50.7 Å². The van der Waals surface area contributed by atoms with Crippen LogP contribution in [0.5, 0.6) is 11.5 Å². The Labute approximate surface area is 207 Å². The van der Waals surface area contributed by atoms with E-state index in [1.807, 2.05) is 12.1 Å². The molecule has 2 heterocycles. The van der Waals surface area contributed by atoms with E-state index < -0.39 is 0 Å². The van der Waals surface area contributed by atoms with Gasteiger partial charge in [0.15, 0.2) is 11.5 Å². The molecule has 0 spiro atoms. The lowest BCUT2D eigenvalue weighted by molar-refractivity contribution is -0.133. The number of H-pyrrole nitrogens is 1. The molecule has 0 unspecified atom stereocenters. The predicted octanol–water partition coefficient (Wildman–Crippen LogP) is 4.24. The van der Waals surface area contributed by atoms with Crippen molar-refractivity contribution in [1.29, 1.82) is 0 Å². The maximum atomic E-state index is 13.3. The van der Waals surface area contributed by atoms with E-state index in [2.05, 4.69) is 56.4 Å². The highest BCUT2D eigenvalue weighted by atomic mass is 16.5. The highest BCUT2D eigenvalue weighted by Gasteiger charge is 2.31. The number of rotatable bonds is 8. The summed E-state index contributed by atoms with van der Waals surface area (Å²) in [5.41, 5.74) is 3.26. The molecule has 2 fully saturated rings. The molecule has 1 aliphatic heterocycles. The summed E-state index contributed by atoms with van der Waals surface area (Å²) in [6.07, 6.45) is 9.62. The van der Waals surface area contributed by atoms with E-state index >= 15 is 0 Å². The van der Waals surface area contributed by atoms with E-state index in [4.69, 9.17) is 9.47 Å². The number of ether oxygens (including phenoxy) is 2. The van der Waals surface area contributed by atoms with Crippen LogP contribution in [0.2, 0.25) is 0 Å². The fourth-order valence-electron chi connectivity index (χ4n) is 5.27. The third-order valence-electron chi connectivity index (χ3n) is 7.14. The van der Waals surface area contributed by atoms with Gasteiger partial charge in [0.2, 0.25) is 5.91 Å². The van der Waals surface area contributed by atoms with Crippen LogP contribution in [0.25, 0.3) is 0 Å². The van der Waals surface area contributed by atoms with E-state index in [0.717, 1.165) is 55.1 Å². The second-order valence-corrected chi connectivity index (χ2v) is 9.52. The van der Waals surface area contributed by atoms with Gasteiger partial charge >= 0.3 is 0 Å². The zero-order valence-electron chi connectivity index (χ0n) is 20.4. The van der Waals surface area contributed by atoms with E-state index in [1.54, 1.807) is 19.5 Å². The molecule has 1 amide bonds. The number of carbonyl (C=O) groups excluding carboxylic acids is 1. The number of piperazine rings is 1. The number of aromatic nitrogens is 2. The molecular weight excluding hydrogens is 440 g/mol. The van der Waals surface area contributed by atoms with Crippen LogP contribution in [-0.2, 0) is 17.6 Å². The Morgan fingerprint density at radius 3 is 2.63 bits per heavy atom. The lowest BCUT2D eigenvalue weighted by Gasteiger charge is -2.43. The van der Waals surface area contributed by atoms with Gasteiger partial charge in [0, 0.05) is 37.6 Å². The first kappa shape index (κ1) is 23.3. The summed E-state index contributed by atoms with van der Waals surface area (Å²) < 4.78 is 11.9. The molecule has 7 heteroatoms. The van der Waals surface area contributed by atoms with Gasteiger partial charge in [-0.2, -0.15) is 5.10 Å². The molecule has 0 radical (unpaired) electrons. The second-order valence-electron chi connectivity index (χ2n) is 9.52. The first-order valence-corrected chi connectivity index (χ1v) is 12.6. The van der Waals surface area contributed by atoms with Crippen molar-refractivity contribution in [3.05, 3.63) is 72.1 Å². The van der Waals surface area contributed by atoms with Crippen LogP contribution < -0.4 is 14.4 Å². The summed E-state index contributed by atoms with van der Waals surface area (Å²) in [6.45, 7) is 2.22. The summed E-state index contributed by atoms with van der Waals surface area (Å²) >= 11 is 0. The summed E-state index contributed by atoms with van der Waals surface area (Å²) in [7, 11) is 1.69. The van der Waals surface area contributed by atoms with Gasteiger partial charge in [-0.3, -0.25) is 9.89 Å². The topological polar surface area (TPSA) is 70.7 Å². The molecule has 1 saturated heterocycles. The minimum atomic E-state index is 0.0758. The van der Waals surface area contributed by atoms with E-state index in [0.29, 0.717) is 13.0 Å². The first-order valence-electron chi connectivity index (χ1n) is 12.6. The SMILES string of the molecule is COc1ccc(N2CCN(C(=O)Cc3cn[nH]c3)[C@@H](Cc3ccccc3)C2)cc1OC1CCCC1. The highest BCUT2D eigenvalue weighted by molar-refractivity contribution is 5.79. The molecule has 5 rings (SSSR count). The molecule has 35 heavy (non-hydrogen) atoms. The Morgan fingerprint density at radius 1 is 1.06 bits per heavy atom. The quantitative estimate of drug-likeness (QED) is 0.529. The molecular formula is C28H34N4O3. The van der Waals surface area contributed by atoms with Crippen LogP contribution in [0.15, 0.2) is 60.9 Å². The van der Waals surface area contributed by atoms with E-state index in [-0.39, 0.29) is 18.1 Å². The predicted molar refractivity (Wildman–Crippen MR) is 136 cm³/mol. The Balaban J connectivity index is 1.35. The fraction of sp³-hybridized carbons (Fsp3) is 0.429. The summed E-state index contributed by atoms with van der Waals surface area (Å²) in [6, 6.07) is 16.7. The van der Waals surface area contributed by atoms with Crippen LogP contribution >= 0.6 is 0 Å². The van der Waals surface area contributed by atoms with Gasteiger partial charge < -0.3 is 19.3 Å². The molecule has 1 atom stereocenters. The third kappa shape index (κ3) is 5.61. The number of benzene rings is 2. The van der Waals surface area contributed by atoms with Crippen LogP contribution in [0.4, 0.5) is 5.69 Å². The number of aromatic amines is 1. The smallest absolute Gasteiger partial charge is 0.227 e. The number of nitrogens with one attached hydrogen (secondary N) is 1. The maximum Gasteiger partial charge on any atom is 0.227 e. The second kappa shape index (κ2) is 10.8. The molecule has 2 aromatic carbocycles. The Morgan fingerprint density at radius 2 is 1.89 bits per heavy atom. The van der Waals surface area contributed by atoms with Gasteiger partial charge in [-0.25, -0.2) is 0 Å². The maximum absolute atomic E-state index is 13.3. The van der Waals surface area contributed by atoms with Crippen molar-refractivity contribution in [1.82, 2.24) is 15.1 Å². The standard InChI is InChI=1S/C28H34N4O3/c1-34-26-12-11-23(17-27(26)35-25-9-5-6-10-25)31-13-14-32(28(33)16-22-18-29-30-19-22)24(20-31)15-21-7-3-2-4-8-21/h2-4,7-8,11-12,17-19,24-25H,5-6,9-10,13-16,20H2,1H3,(H,29,30)/t24-/m0/s1. The molecule has 1 saturated carbocycles. The van der Waals surface area contributed by atoms with Crippen molar-refractivity contribution in [3.8, 4) is 11.5 Å². The monoisotopic (exact) mass is 474 g/mol. The average molecular weight is 475 g/mol. The zero-order chi connectivity index (χ0) is 24.0. The molecule has 1 N–H and O–H groups in total. The summed E-state index contributed by atoms with van der Waals surface area (Å²) in [5, 5.41) is 6.80. The van der Waals surface area contributed by atoms with Gasteiger partial charge in [-0.15, -0.1) is 0 Å². The number of anilines is 1. The molecule has 1 aromatic heterocycles. The minimum Gasteiger partial charge on any atom is -0.493 e. The van der Waals surface area contributed by atoms with Crippen molar-refractivity contribution in [3.63, 3.8) is 0 Å². The van der Waals surface area contributed by atoms with Crippen molar-refractivity contribution >= 4 is 11.6 Å². The minimum absolute atomic E-state index is 0.0758. The Hall–Kier alpha value is -3.48. The van der Waals surface area contributed by atoms with Gasteiger partial charge in [0.05, 0.1) is 31.9 Å². The molecule has 184 valence electrons. The summed E-state index contributed by atoms with van der Waals surface area (Å²) in [4.78, 5) is 17.7. The first-order chi connectivity index (χ1) is 17.2. The largest absolute Gasteiger partial charge is 0.493 e. The van der Waals surface area contributed by atoms with E-state index in [9.17, 15) is 4.79 Å². The lowest BCUT2D eigenvalue weighted by Crippen LogP contribution is -2.56. The normalized spacial score (nSPS) is 18.6. The number of methoxy groups -OCH3 is 1. The van der Waals surface area contributed by atoms with Crippen LogP contribution in [-0.4, -0.2) is 59.9 Å². The van der Waals surface area contributed by atoms with Gasteiger partial charge in [-0.05, 0) is 55.4 Å². The molecule has 2 aliphatic rings. The third-order valence-corrected chi connectivity index (χ3v) is 7.14. The average Bonchev–Trinajstić information content (AvgIpc) is 3.59. The Kier molecular flexibility index (Phi) is 7.21. The van der Waals surface area contributed by atoms with Crippen LogP contribution in [0.3, 0.4) is 0 Å². The molecule has 7 nitrogen and oxygen atoms in total. The Bertz CT molecular complexity index is 1100. The molecule has 3 aromatic rings. The van der Waals surface area contributed by atoms with Crippen LogP contribution in [0, 0.1) is 0 Å². The summed E-state index contributed by atoms with van der Waals surface area (Å²) in [5.74, 6) is 1.73. The zero-order valence-corrected chi connectivity index (χ0v) is 20.4. The number of amides is 1. The van der Waals surface area contributed by atoms with Crippen molar-refractivity contribution < 1.29 is 14.3 Å². The van der Waals surface area contributed by atoms with Gasteiger partial charge in [0.25, 0.3) is 0 Å². The van der Waals surface area contributed by atoms with E-state index in [1.165, 1.54) is 18.4 Å². The number of hydrogen-bond donors (Lipinski definition) is 1. The highest BCUT2D eigenvalue weighted by Crippen LogP contribution is 2.36.